The molecule has 2 N–H and O–H groups in total. The fourth-order valence-electron chi connectivity index (χ4n) is 2.20. The minimum atomic E-state index is -0.785. The van der Waals surface area contributed by atoms with Crippen LogP contribution in [0.3, 0.4) is 0 Å². The van der Waals surface area contributed by atoms with E-state index in [1.54, 1.807) is 42.6 Å². The maximum atomic E-state index is 12.0. The van der Waals surface area contributed by atoms with Crippen molar-refractivity contribution >= 4 is 23.3 Å². The van der Waals surface area contributed by atoms with Crippen molar-refractivity contribution in [2.75, 3.05) is 10.6 Å². The molecule has 2 aromatic carbocycles. The van der Waals surface area contributed by atoms with E-state index in [2.05, 4.69) is 15.6 Å². The number of carbonyl (C=O) groups excluding carboxylic acids is 2. The minimum absolute atomic E-state index is 0.330. The third-order valence-corrected chi connectivity index (χ3v) is 3.45. The molecule has 0 spiro atoms. The molecule has 0 aliphatic carbocycles. The number of hydrogen-bond acceptors (Lipinski definition) is 4. The molecule has 26 heavy (non-hydrogen) atoms. The zero-order valence-electron chi connectivity index (χ0n) is 14.1. The molecule has 0 bridgehead atoms. The fraction of sp³-hybridized carbons (Fsp3) is 0.0500. The van der Waals surface area contributed by atoms with Gasteiger partial charge in [-0.15, -0.1) is 0 Å². The van der Waals surface area contributed by atoms with Crippen molar-refractivity contribution in [3.8, 4) is 11.5 Å². The normalized spacial score (nSPS) is 10.0. The van der Waals surface area contributed by atoms with Crippen molar-refractivity contribution in [1.29, 1.82) is 0 Å². The predicted molar refractivity (Wildman–Crippen MR) is 99.2 cm³/mol. The highest BCUT2D eigenvalue weighted by atomic mass is 16.5. The molecule has 3 rings (SSSR count). The van der Waals surface area contributed by atoms with E-state index in [0.29, 0.717) is 23.0 Å². The SMILES string of the molecule is Cc1ccnc(NC(=O)C(=O)Nc2ccc(Oc3ccccc3)cc2)c1. The number of rotatable bonds is 4. The van der Waals surface area contributed by atoms with Gasteiger partial charge in [0, 0.05) is 11.9 Å². The standard InChI is InChI=1S/C20H17N3O3/c1-14-11-12-21-18(13-14)23-20(25)19(24)22-15-7-9-17(10-8-15)26-16-5-3-2-4-6-16/h2-13H,1H3,(H,22,24)(H,21,23,25). The second kappa shape index (κ2) is 7.94. The van der Waals surface area contributed by atoms with Crippen molar-refractivity contribution in [2.45, 2.75) is 6.92 Å². The van der Waals surface area contributed by atoms with Crippen LogP contribution in [0.25, 0.3) is 0 Å². The van der Waals surface area contributed by atoms with Gasteiger partial charge in [-0.05, 0) is 61.0 Å². The highest BCUT2D eigenvalue weighted by Gasteiger charge is 2.14. The first-order chi connectivity index (χ1) is 12.6. The van der Waals surface area contributed by atoms with Crippen LogP contribution < -0.4 is 15.4 Å². The predicted octanol–water partition coefficient (Wildman–Crippen LogP) is 3.76. The molecule has 0 unspecified atom stereocenters. The van der Waals surface area contributed by atoms with Gasteiger partial charge >= 0.3 is 11.8 Å². The number of aryl methyl sites for hydroxylation is 1. The average Bonchev–Trinajstić information content (AvgIpc) is 2.64. The maximum Gasteiger partial charge on any atom is 0.315 e. The topological polar surface area (TPSA) is 80.3 Å². The molecule has 130 valence electrons. The van der Waals surface area contributed by atoms with Gasteiger partial charge in [0.2, 0.25) is 0 Å². The average molecular weight is 347 g/mol. The van der Waals surface area contributed by atoms with Crippen LogP contribution in [0.2, 0.25) is 0 Å². The van der Waals surface area contributed by atoms with Gasteiger partial charge < -0.3 is 15.4 Å². The van der Waals surface area contributed by atoms with Crippen LogP contribution in [-0.2, 0) is 9.59 Å². The Bertz CT molecular complexity index is 909. The zero-order valence-corrected chi connectivity index (χ0v) is 14.1. The first kappa shape index (κ1) is 17.2. The van der Waals surface area contributed by atoms with E-state index in [0.717, 1.165) is 5.56 Å². The summed E-state index contributed by atoms with van der Waals surface area (Å²) in [6.45, 7) is 1.87. The molecule has 6 nitrogen and oxygen atoms in total. The van der Waals surface area contributed by atoms with Crippen LogP contribution in [0.5, 0.6) is 11.5 Å². The summed E-state index contributed by atoms with van der Waals surface area (Å²) in [6.07, 6.45) is 1.56. The summed E-state index contributed by atoms with van der Waals surface area (Å²) < 4.78 is 5.68. The Morgan fingerprint density at radius 2 is 1.50 bits per heavy atom. The Labute approximate surface area is 150 Å². The van der Waals surface area contributed by atoms with Crippen molar-refractivity contribution in [3.63, 3.8) is 0 Å². The third kappa shape index (κ3) is 4.67. The van der Waals surface area contributed by atoms with Gasteiger partial charge in [-0.25, -0.2) is 4.98 Å². The van der Waals surface area contributed by atoms with E-state index in [9.17, 15) is 9.59 Å². The number of anilines is 2. The summed E-state index contributed by atoms with van der Waals surface area (Å²) in [5.74, 6) is 0.117. The Kier molecular flexibility index (Phi) is 5.24. The lowest BCUT2D eigenvalue weighted by atomic mass is 10.3. The smallest absolute Gasteiger partial charge is 0.315 e. The molecule has 0 aliphatic heterocycles. The number of amides is 2. The summed E-state index contributed by atoms with van der Waals surface area (Å²) in [5, 5.41) is 4.99. The van der Waals surface area contributed by atoms with Gasteiger partial charge in [-0.3, -0.25) is 9.59 Å². The minimum Gasteiger partial charge on any atom is -0.457 e. The van der Waals surface area contributed by atoms with Gasteiger partial charge in [-0.1, -0.05) is 18.2 Å². The lowest BCUT2D eigenvalue weighted by Gasteiger charge is -2.08. The van der Waals surface area contributed by atoms with E-state index in [1.165, 1.54) is 0 Å². The van der Waals surface area contributed by atoms with E-state index in [4.69, 9.17) is 4.74 Å². The summed E-state index contributed by atoms with van der Waals surface area (Å²) in [6, 6.07) is 19.6. The van der Waals surface area contributed by atoms with E-state index in [1.807, 2.05) is 37.3 Å². The summed E-state index contributed by atoms with van der Waals surface area (Å²) in [5.41, 5.74) is 1.42. The monoisotopic (exact) mass is 347 g/mol. The quantitative estimate of drug-likeness (QED) is 0.704. The summed E-state index contributed by atoms with van der Waals surface area (Å²) in [7, 11) is 0. The molecule has 6 heteroatoms. The Morgan fingerprint density at radius 1 is 0.846 bits per heavy atom. The van der Waals surface area contributed by atoms with Gasteiger partial charge in [0.1, 0.15) is 17.3 Å². The highest BCUT2D eigenvalue weighted by Crippen LogP contribution is 2.22. The van der Waals surface area contributed by atoms with Crippen LogP contribution in [0.1, 0.15) is 5.56 Å². The fourth-order valence-corrected chi connectivity index (χ4v) is 2.20. The van der Waals surface area contributed by atoms with Crippen molar-refractivity contribution in [3.05, 3.63) is 78.5 Å². The Hall–Kier alpha value is -3.67. The number of nitrogens with zero attached hydrogens (tertiary/aromatic N) is 1. The lowest BCUT2D eigenvalue weighted by Crippen LogP contribution is -2.29. The molecule has 0 aliphatic rings. The highest BCUT2D eigenvalue weighted by molar-refractivity contribution is 6.43. The van der Waals surface area contributed by atoms with Gasteiger partial charge in [0.05, 0.1) is 0 Å². The molecule has 1 aromatic heterocycles. The van der Waals surface area contributed by atoms with Crippen LogP contribution in [0.4, 0.5) is 11.5 Å². The first-order valence-corrected chi connectivity index (χ1v) is 7.98. The van der Waals surface area contributed by atoms with Crippen LogP contribution in [0, 0.1) is 6.92 Å². The molecule has 2 amide bonds. The second-order valence-corrected chi connectivity index (χ2v) is 5.57. The van der Waals surface area contributed by atoms with E-state index < -0.39 is 11.8 Å². The molecule has 0 atom stereocenters. The van der Waals surface area contributed by atoms with Gasteiger partial charge in [-0.2, -0.15) is 0 Å². The molecule has 1 heterocycles. The molecule has 0 radical (unpaired) electrons. The van der Waals surface area contributed by atoms with Crippen molar-refractivity contribution in [1.82, 2.24) is 4.98 Å². The number of para-hydroxylation sites is 1. The van der Waals surface area contributed by atoms with Crippen molar-refractivity contribution < 1.29 is 14.3 Å². The zero-order chi connectivity index (χ0) is 18.4. The maximum absolute atomic E-state index is 12.0. The largest absolute Gasteiger partial charge is 0.457 e. The van der Waals surface area contributed by atoms with Gasteiger partial charge in [0.15, 0.2) is 0 Å². The summed E-state index contributed by atoms with van der Waals surface area (Å²) in [4.78, 5) is 27.9. The Morgan fingerprint density at radius 3 is 2.19 bits per heavy atom. The van der Waals surface area contributed by atoms with Crippen LogP contribution in [0.15, 0.2) is 72.9 Å². The number of ether oxygens (including phenoxy) is 1. The number of hydrogen-bond donors (Lipinski definition) is 2. The number of carbonyl (C=O) groups is 2. The molecule has 3 aromatic rings. The summed E-state index contributed by atoms with van der Waals surface area (Å²) >= 11 is 0. The molecule has 0 fully saturated rings. The first-order valence-electron chi connectivity index (χ1n) is 7.98. The number of aromatic nitrogens is 1. The second-order valence-electron chi connectivity index (χ2n) is 5.57. The molecule has 0 saturated carbocycles. The van der Waals surface area contributed by atoms with Crippen LogP contribution in [-0.4, -0.2) is 16.8 Å². The number of pyridine rings is 1. The molecular weight excluding hydrogens is 330 g/mol. The lowest BCUT2D eigenvalue weighted by molar-refractivity contribution is -0.133. The van der Waals surface area contributed by atoms with E-state index in [-0.39, 0.29) is 0 Å². The Balaban J connectivity index is 1.58. The number of benzene rings is 2. The molecule has 0 saturated heterocycles. The number of nitrogens with one attached hydrogen (secondary N) is 2. The van der Waals surface area contributed by atoms with Crippen LogP contribution >= 0.6 is 0 Å². The van der Waals surface area contributed by atoms with Crippen molar-refractivity contribution in [2.24, 2.45) is 0 Å². The third-order valence-electron chi connectivity index (χ3n) is 3.45. The van der Waals surface area contributed by atoms with E-state index >= 15 is 0 Å². The molecular formula is C20H17N3O3. The van der Waals surface area contributed by atoms with Gasteiger partial charge in [0.25, 0.3) is 0 Å².